The molecular formula is C5H9N2OS-. The van der Waals surface area contributed by atoms with Crippen LogP contribution in [-0.4, -0.2) is 36.1 Å². The summed E-state index contributed by atoms with van der Waals surface area (Å²) in [6.07, 6.45) is 0. The fourth-order valence-electron chi connectivity index (χ4n) is 0.706. The van der Waals surface area contributed by atoms with Gasteiger partial charge in [0.05, 0.1) is 11.9 Å². The summed E-state index contributed by atoms with van der Waals surface area (Å²) in [7, 11) is 1.53. The Balaban J connectivity index is 2.42. The van der Waals surface area contributed by atoms with Gasteiger partial charge < -0.3 is 10.0 Å². The summed E-state index contributed by atoms with van der Waals surface area (Å²) in [5.74, 6) is 1.87. The van der Waals surface area contributed by atoms with Gasteiger partial charge in [0.25, 0.3) is 0 Å². The number of hydrogen-bond donors (Lipinski definition) is 0. The Hall–Kier alpha value is -0.380. The van der Waals surface area contributed by atoms with Gasteiger partial charge in [0, 0.05) is 19.3 Å². The molecule has 1 heterocycles. The van der Waals surface area contributed by atoms with Gasteiger partial charge in [-0.05, 0) is 0 Å². The van der Waals surface area contributed by atoms with Crippen LogP contribution >= 0.6 is 11.8 Å². The zero-order chi connectivity index (χ0) is 6.69. The van der Waals surface area contributed by atoms with E-state index < -0.39 is 0 Å². The first kappa shape index (κ1) is 6.74. The number of nitrogens with zero attached hydrogens (tertiary/aromatic N) is 2. The van der Waals surface area contributed by atoms with Gasteiger partial charge in [-0.15, -0.1) is 11.8 Å². The largest absolute Gasteiger partial charge is 0.846 e. The third-order valence-electron chi connectivity index (χ3n) is 1.21. The Labute approximate surface area is 58.8 Å². The van der Waals surface area contributed by atoms with Crippen LogP contribution in [0.2, 0.25) is 0 Å². The Morgan fingerprint density at radius 1 is 1.78 bits per heavy atom. The van der Waals surface area contributed by atoms with Crippen LogP contribution in [0.5, 0.6) is 0 Å². The summed E-state index contributed by atoms with van der Waals surface area (Å²) in [5, 5.41) is 10.8. The molecule has 52 valence electrons. The highest BCUT2D eigenvalue weighted by Gasteiger charge is 2.08. The fourth-order valence-corrected chi connectivity index (χ4v) is 1.64. The highest BCUT2D eigenvalue weighted by molar-refractivity contribution is 7.99. The molecule has 0 aliphatic carbocycles. The first-order valence-electron chi connectivity index (χ1n) is 2.81. The molecule has 1 saturated heterocycles. The monoisotopic (exact) mass is 145 g/mol. The minimum atomic E-state index is -0.0833. The van der Waals surface area contributed by atoms with Crippen LogP contribution in [0.15, 0.2) is 4.99 Å². The van der Waals surface area contributed by atoms with Crippen LogP contribution in [0.4, 0.5) is 0 Å². The zero-order valence-corrected chi connectivity index (χ0v) is 6.15. The SMILES string of the molecule is CN=C([O-])N1CCSC1. The molecule has 0 spiro atoms. The minimum Gasteiger partial charge on any atom is -0.846 e. The van der Waals surface area contributed by atoms with Crippen LogP contribution in [0.25, 0.3) is 0 Å². The van der Waals surface area contributed by atoms with E-state index in [0.717, 1.165) is 18.2 Å². The normalized spacial score (nSPS) is 21.0. The molecule has 0 amide bonds. The Kier molecular flexibility index (Phi) is 2.22. The lowest BCUT2D eigenvalue weighted by molar-refractivity contribution is -0.233. The molecule has 0 atom stereocenters. The number of amidine groups is 1. The predicted molar refractivity (Wildman–Crippen MR) is 37.4 cm³/mol. The van der Waals surface area contributed by atoms with Crippen molar-refractivity contribution in [1.82, 2.24) is 4.90 Å². The standard InChI is InChI=1S/C5H10N2OS/c1-6-5(8)7-2-3-9-4-7/h2-4H2,1H3,(H,6,8)/p-1. The van der Waals surface area contributed by atoms with Gasteiger partial charge in [0.2, 0.25) is 0 Å². The highest BCUT2D eigenvalue weighted by Crippen LogP contribution is 2.11. The zero-order valence-electron chi connectivity index (χ0n) is 5.33. The minimum absolute atomic E-state index is 0.0833. The van der Waals surface area contributed by atoms with Crippen molar-refractivity contribution >= 4 is 17.8 Å². The topological polar surface area (TPSA) is 38.7 Å². The van der Waals surface area contributed by atoms with E-state index in [1.54, 1.807) is 16.7 Å². The quantitative estimate of drug-likeness (QED) is 0.335. The molecule has 1 aliphatic rings. The fraction of sp³-hybridized carbons (Fsp3) is 0.800. The van der Waals surface area contributed by atoms with Crippen LogP contribution in [0.3, 0.4) is 0 Å². The Morgan fingerprint density at radius 3 is 3.00 bits per heavy atom. The average molecular weight is 145 g/mol. The molecule has 3 nitrogen and oxygen atoms in total. The molecular weight excluding hydrogens is 136 g/mol. The molecule has 1 aliphatic heterocycles. The van der Waals surface area contributed by atoms with Crippen molar-refractivity contribution < 1.29 is 5.11 Å². The smallest absolute Gasteiger partial charge is 0.0643 e. The van der Waals surface area contributed by atoms with Crippen molar-refractivity contribution in [3.63, 3.8) is 0 Å². The summed E-state index contributed by atoms with van der Waals surface area (Å²) in [6, 6.07) is -0.0833. The van der Waals surface area contributed by atoms with Crippen molar-refractivity contribution in [3.8, 4) is 0 Å². The summed E-state index contributed by atoms with van der Waals surface area (Å²) >= 11 is 1.77. The summed E-state index contributed by atoms with van der Waals surface area (Å²) in [6.45, 7) is 0.862. The van der Waals surface area contributed by atoms with Gasteiger partial charge in [-0.2, -0.15) is 0 Å². The van der Waals surface area contributed by atoms with Gasteiger partial charge in [-0.3, -0.25) is 4.99 Å². The Morgan fingerprint density at radius 2 is 2.56 bits per heavy atom. The van der Waals surface area contributed by atoms with Gasteiger partial charge in [-0.25, -0.2) is 0 Å². The van der Waals surface area contributed by atoms with Gasteiger partial charge in [0.15, 0.2) is 0 Å². The summed E-state index contributed by atoms with van der Waals surface area (Å²) in [5.41, 5.74) is 0. The highest BCUT2D eigenvalue weighted by atomic mass is 32.2. The van der Waals surface area contributed by atoms with E-state index in [2.05, 4.69) is 4.99 Å². The van der Waals surface area contributed by atoms with Crippen molar-refractivity contribution in [3.05, 3.63) is 0 Å². The van der Waals surface area contributed by atoms with E-state index in [9.17, 15) is 5.11 Å². The van der Waals surface area contributed by atoms with Crippen LogP contribution in [-0.2, 0) is 0 Å². The molecule has 0 radical (unpaired) electrons. The van der Waals surface area contributed by atoms with Crippen LogP contribution < -0.4 is 5.11 Å². The number of rotatable bonds is 0. The molecule has 0 unspecified atom stereocenters. The van der Waals surface area contributed by atoms with Crippen molar-refractivity contribution in [2.24, 2.45) is 4.99 Å². The maximum atomic E-state index is 10.8. The lowest BCUT2D eigenvalue weighted by Gasteiger charge is -2.22. The van der Waals surface area contributed by atoms with Crippen molar-refractivity contribution in [2.45, 2.75) is 0 Å². The van der Waals surface area contributed by atoms with Crippen LogP contribution in [0.1, 0.15) is 0 Å². The van der Waals surface area contributed by atoms with E-state index in [0.29, 0.717) is 0 Å². The number of aliphatic imine (C=N–C) groups is 1. The third-order valence-corrected chi connectivity index (χ3v) is 2.18. The van der Waals surface area contributed by atoms with Gasteiger partial charge >= 0.3 is 0 Å². The van der Waals surface area contributed by atoms with E-state index in [-0.39, 0.29) is 6.02 Å². The lowest BCUT2D eigenvalue weighted by Crippen LogP contribution is -2.37. The molecule has 0 aromatic rings. The average Bonchev–Trinajstić information content (AvgIpc) is 2.37. The van der Waals surface area contributed by atoms with Gasteiger partial charge in [-0.1, -0.05) is 0 Å². The molecule has 9 heavy (non-hydrogen) atoms. The van der Waals surface area contributed by atoms with E-state index >= 15 is 0 Å². The number of hydrogen-bond acceptors (Lipinski definition) is 3. The molecule has 0 bridgehead atoms. The molecule has 4 heteroatoms. The lowest BCUT2D eigenvalue weighted by atomic mass is 10.7. The Bertz CT molecular complexity index is 120. The molecule has 0 aromatic heterocycles. The van der Waals surface area contributed by atoms with E-state index in [1.807, 2.05) is 0 Å². The second-order valence-electron chi connectivity index (χ2n) is 1.81. The summed E-state index contributed by atoms with van der Waals surface area (Å²) < 4.78 is 0. The summed E-state index contributed by atoms with van der Waals surface area (Å²) in [4.78, 5) is 5.28. The molecule has 0 aromatic carbocycles. The second-order valence-corrected chi connectivity index (χ2v) is 2.88. The predicted octanol–water partition coefficient (Wildman–Crippen LogP) is -0.661. The van der Waals surface area contributed by atoms with E-state index in [4.69, 9.17) is 0 Å². The maximum absolute atomic E-state index is 10.8. The van der Waals surface area contributed by atoms with Crippen molar-refractivity contribution in [2.75, 3.05) is 25.2 Å². The van der Waals surface area contributed by atoms with Gasteiger partial charge in [0.1, 0.15) is 0 Å². The number of thioether (sulfide) groups is 1. The first-order valence-corrected chi connectivity index (χ1v) is 3.96. The molecule has 0 saturated carbocycles. The van der Waals surface area contributed by atoms with E-state index in [1.165, 1.54) is 7.05 Å². The van der Waals surface area contributed by atoms with Crippen molar-refractivity contribution in [1.29, 1.82) is 0 Å². The second kappa shape index (κ2) is 2.96. The molecule has 1 rings (SSSR count). The third kappa shape index (κ3) is 1.51. The maximum Gasteiger partial charge on any atom is 0.0643 e. The molecule has 0 N–H and O–H groups in total. The van der Waals surface area contributed by atoms with Crippen LogP contribution in [0, 0.1) is 0 Å². The first-order chi connectivity index (χ1) is 4.34. The molecule has 1 fully saturated rings.